The van der Waals surface area contributed by atoms with Crippen LogP contribution in [0.5, 0.6) is 23.0 Å². The van der Waals surface area contributed by atoms with Crippen molar-refractivity contribution in [2.75, 3.05) is 39.5 Å². The molecule has 0 saturated heterocycles. The first-order valence-electron chi connectivity index (χ1n) is 36.9. The highest BCUT2D eigenvalue weighted by atomic mass is 79.9. The fraction of sp³-hybridized carbons (Fsp3) is 0.634. The van der Waals surface area contributed by atoms with Gasteiger partial charge in [0.2, 0.25) is 0 Å². The van der Waals surface area contributed by atoms with Crippen molar-refractivity contribution in [3.8, 4) is 58.5 Å². The third-order valence-corrected chi connectivity index (χ3v) is 17.6. The molecule has 0 aromatic heterocycles. The number of rotatable bonds is 52. The topological polar surface area (TPSA) is 64.9 Å². The third-order valence-electron chi connectivity index (χ3n) is 16.9. The van der Waals surface area contributed by atoms with E-state index in [1.54, 1.807) is 0 Å². The van der Waals surface area contributed by atoms with E-state index in [2.05, 4.69) is 152 Å². The molecular weight excluding hydrogens is 1170 g/mol. The lowest BCUT2D eigenvalue weighted by atomic mass is 10.1. The molecule has 7 nitrogen and oxygen atoms in total. The highest BCUT2D eigenvalue weighted by Crippen LogP contribution is 2.34. The van der Waals surface area contributed by atoms with Crippen molar-refractivity contribution in [1.82, 2.24) is 5.01 Å². The monoisotopic (exact) mass is 1290 g/mol. The van der Waals surface area contributed by atoms with Gasteiger partial charge >= 0.3 is 0 Å². The Morgan fingerprint density at radius 2 is 0.544 bits per heavy atom. The van der Waals surface area contributed by atoms with Crippen LogP contribution >= 0.6 is 15.9 Å². The maximum atomic E-state index is 6.68. The fourth-order valence-electron chi connectivity index (χ4n) is 11.1. The average Bonchev–Trinajstić information content (AvgIpc) is 3.23. The molecule has 0 unspecified atom stereocenters. The Morgan fingerprint density at radius 1 is 0.300 bits per heavy atom. The molecule has 0 fully saturated rings. The number of benzene rings is 4. The summed E-state index contributed by atoms with van der Waals surface area (Å²) in [7, 11) is 0. The molecule has 0 aliphatic carbocycles. The molecule has 0 amide bonds. The van der Waals surface area contributed by atoms with Crippen LogP contribution in [0.3, 0.4) is 0 Å². The quantitative estimate of drug-likeness (QED) is 0.0191. The first-order chi connectivity index (χ1) is 44.4. The maximum absolute atomic E-state index is 6.68. The molecule has 496 valence electrons. The minimum atomic E-state index is 0.616. The molecule has 0 heterocycles. The maximum Gasteiger partial charge on any atom is 0.136 e. The van der Waals surface area contributed by atoms with Gasteiger partial charge in [0, 0.05) is 48.0 Å². The summed E-state index contributed by atoms with van der Waals surface area (Å²) in [5, 5.41) is 10.8. The molecule has 4 aromatic rings. The molecule has 0 saturated carbocycles. The number of unbranched alkanes of at least 4 members (excludes halogenated alkanes) is 36. The Bertz CT molecular complexity index is 2660. The molecule has 90 heavy (non-hydrogen) atoms. The van der Waals surface area contributed by atoms with Gasteiger partial charge in [0.25, 0.3) is 0 Å². The van der Waals surface area contributed by atoms with Gasteiger partial charge in [-0.2, -0.15) is 0 Å². The minimum absolute atomic E-state index is 0.616. The second-order valence-electron chi connectivity index (χ2n) is 24.9. The second-order valence-corrected chi connectivity index (χ2v) is 25.8. The van der Waals surface area contributed by atoms with Crippen LogP contribution in [0.2, 0.25) is 0 Å². The summed E-state index contributed by atoms with van der Waals surface area (Å²) in [6.07, 6.45) is 51.2. The Balaban J connectivity index is 1.57. The number of halogens is 1. The van der Waals surface area contributed by atoms with Gasteiger partial charge in [-0.15, -0.1) is 5.11 Å². The lowest BCUT2D eigenvalue weighted by Gasteiger charge is -2.14. The van der Waals surface area contributed by atoms with Crippen LogP contribution in [0.4, 0.5) is 5.69 Å². The number of nitrogens with zero attached hydrogens (tertiary/aromatic N) is 3. The van der Waals surface area contributed by atoms with Gasteiger partial charge < -0.3 is 18.9 Å². The molecule has 4 aromatic carbocycles. The van der Waals surface area contributed by atoms with E-state index in [-0.39, 0.29) is 0 Å². The van der Waals surface area contributed by atoms with Gasteiger partial charge in [-0.3, -0.25) is 5.01 Å². The summed E-state index contributed by atoms with van der Waals surface area (Å²) >= 11 is 3.83. The summed E-state index contributed by atoms with van der Waals surface area (Å²) in [6.45, 7) is 17.5. The first-order valence-corrected chi connectivity index (χ1v) is 37.7. The Hall–Kier alpha value is -5.36. The molecule has 0 atom stereocenters. The van der Waals surface area contributed by atoms with Gasteiger partial charge in [0.1, 0.15) is 23.0 Å². The van der Waals surface area contributed by atoms with Crippen LogP contribution in [0.1, 0.15) is 332 Å². The van der Waals surface area contributed by atoms with Crippen molar-refractivity contribution in [3.63, 3.8) is 0 Å². The summed E-state index contributed by atoms with van der Waals surface area (Å²) in [5.41, 5.74) is 5.91. The summed E-state index contributed by atoms with van der Waals surface area (Å²) in [5.74, 6) is 23.9. The third kappa shape index (κ3) is 36.6. The van der Waals surface area contributed by atoms with Crippen LogP contribution in [-0.4, -0.2) is 44.5 Å². The predicted molar refractivity (Wildman–Crippen MR) is 388 cm³/mol. The summed E-state index contributed by atoms with van der Waals surface area (Å²) in [4.78, 5) is 0. The minimum Gasteiger partial charge on any atom is -0.492 e. The van der Waals surface area contributed by atoms with Crippen molar-refractivity contribution in [2.45, 2.75) is 298 Å². The van der Waals surface area contributed by atoms with Crippen molar-refractivity contribution in [2.24, 2.45) is 10.3 Å². The van der Waals surface area contributed by atoms with E-state index in [4.69, 9.17) is 18.9 Å². The molecule has 8 heteroatoms. The molecule has 0 radical (unpaired) electrons. The summed E-state index contributed by atoms with van der Waals surface area (Å²) in [6, 6.07) is 24.4. The van der Waals surface area contributed by atoms with Crippen LogP contribution in [0.25, 0.3) is 0 Å². The van der Waals surface area contributed by atoms with Gasteiger partial charge in [-0.05, 0) is 110 Å². The van der Waals surface area contributed by atoms with E-state index in [1.165, 1.54) is 218 Å². The molecule has 0 bridgehead atoms. The summed E-state index contributed by atoms with van der Waals surface area (Å²) < 4.78 is 27.2. The van der Waals surface area contributed by atoms with Gasteiger partial charge in [-0.1, -0.05) is 300 Å². The molecular formula is C82H122BrN3O4. The predicted octanol–water partition coefficient (Wildman–Crippen LogP) is 25.2. The molecule has 0 N–H and O–H groups in total. The normalized spacial score (nSPS) is 11.0. The zero-order valence-corrected chi connectivity index (χ0v) is 59.4. The zero-order valence-electron chi connectivity index (χ0n) is 57.8. The lowest BCUT2D eigenvalue weighted by Crippen LogP contribution is -2.14. The average molecular weight is 1290 g/mol. The van der Waals surface area contributed by atoms with Crippen molar-refractivity contribution >= 4 is 21.6 Å². The van der Waals surface area contributed by atoms with Crippen LogP contribution in [0.15, 0.2) is 87.6 Å². The van der Waals surface area contributed by atoms with E-state index in [0.29, 0.717) is 26.4 Å². The highest BCUT2D eigenvalue weighted by Gasteiger charge is 2.13. The second kappa shape index (κ2) is 53.2. The van der Waals surface area contributed by atoms with Gasteiger partial charge in [-0.25, -0.2) is 0 Å². The van der Waals surface area contributed by atoms with Crippen molar-refractivity contribution in [1.29, 1.82) is 0 Å². The van der Waals surface area contributed by atoms with Crippen LogP contribution in [-0.2, 0) is 0 Å². The number of ether oxygens (including phenoxy) is 4. The largest absolute Gasteiger partial charge is 0.492 e. The molecule has 0 spiro atoms. The smallest absolute Gasteiger partial charge is 0.136 e. The Morgan fingerprint density at radius 3 is 0.833 bits per heavy atom. The molecule has 4 rings (SSSR count). The van der Waals surface area contributed by atoms with Gasteiger partial charge in [0.05, 0.1) is 53.3 Å². The van der Waals surface area contributed by atoms with Crippen molar-refractivity contribution in [3.05, 3.63) is 111 Å². The highest BCUT2D eigenvalue weighted by molar-refractivity contribution is 9.10. The van der Waals surface area contributed by atoms with E-state index >= 15 is 0 Å². The Labute approximate surface area is 559 Å². The van der Waals surface area contributed by atoms with Crippen LogP contribution in [0, 0.1) is 35.5 Å². The van der Waals surface area contributed by atoms with E-state index in [9.17, 15) is 0 Å². The zero-order chi connectivity index (χ0) is 64.0. The van der Waals surface area contributed by atoms with Gasteiger partial charge in [0.15, 0.2) is 0 Å². The molecule has 0 aliphatic rings. The standard InChI is InChI=1S/C82H122BrN3O4/c1-7-13-17-21-25-29-33-37-41-45-63-87-79-68-75(59-55-73-56-61-77(62-57-73)84-85-86(11-5)12-6)80(88-64-46-42-38-34-30-26-22-18-14-8-2)67-74(79)58-53-71-49-51-72(52-50-71)54-60-76-69-82(90-66-48-44-40-36-32-28-24-20-16-10-4)78(83)70-81(76)89-65-47-43-39-35-31-27-23-19-15-9-3/h49-52,56-57,61-62,67-70H,7-48,63-66H2,1-6H3. The Kier molecular flexibility index (Phi) is 45.6. The molecule has 0 aliphatic heterocycles. The number of hydrogen-bond donors (Lipinski definition) is 0. The number of hydrogen-bond acceptors (Lipinski definition) is 6. The lowest BCUT2D eigenvalue weighted by molar-refractivity contribution is 0.294. The van der Waals surface area contributed by atoms with E-state index < -0.39 is 0 Å². The van der Waals surface area contributed by atoms with E-state index in [1.807, 2.05) is 29.3 Å². The fourth-order valence-corrected chi connectivity index (χ4v) is 11.5. The first kappa shape index (κ1) is 77.1. The van der Waals surface area contributed by atoms with E-state index in [0.717, 1.165) is 118 Å². The SMILES string of the molecule is CCCCCCCCCCCCOc1cc(C#Cc2ccc(C#Cc3cc(OCCCCCCCCCCCC)c(C#Cc4ccc(N=NN(CC)CC)cc4)cc3OCCCCCCCCCCCC)cc2)c(OCCCCCCCCCCCC)cc1Br. The van der Waals surface area contributed by atoms with Crippen molar-refractivity contribution < 1.29 is 18.9 Å². The van der Waals surface area contributed by atoms with Crippen LogP contribution < -0.4 is 18.9 Å².